The Morgan fingerprint density at radius 1 is 1.36 bits per heavy atom. The smallest absolute Gasteiger partial charge is 0.267 e. The Morgan fingerprint density at radius 3 is 3.11 bits per heavy atom. The maximum atomic E-state index is 11.0. The minimum Gasteiger partial charge on any atom is -0.493 e. The SMILES string of the molecule is O=C(/C=C/c1ccc(NC2CCN(Cc3ccc4c(c3)CCO4)C2)nc1)NO. The summed E-state index contributed by atoms with van der Waals surface area (Å²) in [7, 11) is 0. The fourth-order valence-electron chi connectivity index (χ4n) is 3.70. The molecule has 7 heteroatoms. The molecule has 0 saturated carbocycles. The number of likely N-dealkylation sites (tertiary alicyclic amines) is 1. The van der Waals surface area contributed by atoms with E-state index < -0.39 is 5.91 Å². The van der Waals surface area contributed by atoms with Gasteiger partial charge in [-0.2, -0.15) is 0 Å². The second kappa shape index (κ2) is 8.41. The topological polar surface area (TPSA) is 86.7 Å². The molecule has 2 aliphatic rings. The first-order chi connectivity index (χ1) is 13.7. The summed E-state index contributed by atoms with van der Waals surface area (Å²) in [6.45, 7) is 3.79. The Hall–Kier alpha value is -2.90. The van der Waals surface area contributed by atoms with Gasteiger partial charge in [0.25, 0.3) is 5.91 Å². The van der Waals surface area contributed by atoms with Crippen molar-refractivity contribution in [1.29, 1.82) is 0 Å². The highest BCUT2D eigenvalue weighted by Gasteiger charge is 2.23. The van der Waals surface area contributed by atoms with E-state index in [1.54, 1.807) is 17.8 Å². The van der Waals surface area contributed by atoms with E-state index in [4.69, 9.17) is 9.94 Å². The number of nitrogens with one attached hydrogen (secondary N) is 2. The van der Waals surface area contributed by atoms with Crippen LogP contribution in [0.3, 0.4) is 0 Å². The Morgan fingerprint density at radius 2 is 2.29 bits per heavy atom. The van der Waals surface area contributed by atoms with Gasteiger partial charge in [-0.05, 0) is 47.4 Å². The van der Waals surface area contributed by atoms with Crippen molar-refractivity contribution in [3.05, 3.63) is 59.3 Å². The summed E-state index contributed by atoms with van der Waals surface area (Å²) in [6, 6.07) is 10.7. The first kappa shape index (κ1) is 18.5. The van der Waals surface area contributed by atoms with Crippen molar-refractivity contribution in [2.24, 2.45) is 0 Å². The van der Waals surface area contributed by atoms with E-state index in [0.29, 0.717) is 6.04 Å². The zero-order valence-electron chi connectivity index (χ0n) is 15.6. The molecule has 1 aromatic carbocycles. The van der Waals surface area contributed by atoms with E-state index in [1.807, 2.05) is 12.1 Å². The van der Waals surface area contributed by atoms with Gasteiger partial charge in [-0.3, -0.25) is 14.9 Å². The summed E-state index contributed by atoms with van der Waals surface area (Å²) >= 11 is 0. The molecule has 1 aromatic heterocycles. The van der Waals surface area contributed by atoms with Crippen LogP contribution < -0.4 is 15.5 Å². The monoisotopic (exact) mass is 380 g/mol. The fourth-order valence-corrected chi connectivity index (χ4v) is 3.70. The largest absolute Gasteiger partial charge is 0.493 e. The first-order valence-electron chi connectivity index (χ1n) is 9.51. The number of fused-ring (bicyclic) bond motifs is 1. The van der Waals surface area contributed by atoms with E-state index >= 15 is 0 Å². The number of anilines is 1. The Labute approximate surface area is 164 Å². The molecule has 28 heavy (non-hydrogen) atoms. The van der Waals surface area contributed by atoms with Crippen LogP contribution in [0.2, 0.25) is 0 Å². The van der Waals surface area contributed by atoms with Crippen LogP contribution in [0.5, 0.6) is 5.75 Å². The lowest BCUT2D eigenvalue weighted by atomic mass is 10.1. The van der Waals surface area contributed by atoms with Gasteiger partial charge in [0.15, 0.2) is 0 Å². The van der Waals surface area contributed by atoms with Crippen molar-refractivity contribution < 1.29 is 14.7 Å². The van der Waals surface area contributed by atoms with E-state index in [0.717, 1.165) is 56.2 Å². The molecule has 146 valence electrons. The molecule has 1 fully saturated rings. The van der Waals surface area contributed by atoms with Gasteiger partial charge in [0, 0.05) is 44.4 Å². The van der Waals surface area contributed by atoms with Crippen molar-refractivity contribution >= 4 is 17.8 Å². The molecule has 2 aliphatic heterocycles. The third-order valence-electron chi connectivity index (χ3n) is 5.11. The second-order valence-electron chi connectivity index (χ2n) is 7.19. The van der Waals surface area contributed by atoms with Crippen LogP contribution in [-0.2, 0) is 17.8 Å². The number of hydrogen-bond donors (Lipinski definition) is 3. The van der Waals surface area contributed by atoms with Gasteiger partial charge in [-0.15, -0.1) is 0 Å². The van der Waals surface area contributed by atoms with Crippen LogP contribution >= 0.6 is 0 Å². The Bertz CT molecular complexity index is 866. The molecular formula is C21H24N4O3. The summed E-state index contributed by atoms with van der Waals surface area (Å²) in [5.74, 6) is 1.29. The van der Waals surface area contributed by atoms with Crippen molar-refractivity contribution in [1.82, 2.24) is 15.4 Å². The van der Waals surface area contributed by atoms with E-state index in [-0.39, 0.29) is 0 Å². The fraction of sp³-hybridized carbons (Fsp3) is 0.333. The number of carbonyl (C=O) groups is 1. The van der Waals surface area contributed by atoms with Gasteiger partial charge >= 0.3 is 0 Å². The van der Waals surface area contributed by atoms with E-state index in [2.05, 4.69) is 33.4 Å². The van der Waals surface area contributed by atoms with Gasteiger partial charge in [-0.25, -0.2) is 10.5 Å². The molecule has 1 saturated heterocycles. The van der Waals surface area contributed by atoms with Gasteiger partial charge in [0.1, 0.15) is 11.6 Å². The molecule has 7 nitrogen and oxygen atoms in total. The second-order valence-corrected chi connectivity index (χ2v) is 7.19. The third-order valence-corrected chi connectivity index (χ3v) is 5.11. The van der Waals surface area contributed by atoms with E-state index in [9.17, 15) is 4.79 Å². The number of ether oxygens (including phenoxy) is 1. The lowest BCUT2D eigenvalue weighted by molar-refractivity contribution is -0.124. The highest BCUT2D eigenvalue weighted by molar-refractivity contribution is 5.90. The highest BCUT2D eigenvalue weighted by atomic mass is 16.5. The molecule has 0 spiro atoms. The predicted octanol–water partition coefficient (Wildman–Crippen LogP) is 2.22. The number of amides is 1. The minimum absolute atomic E-state index is 0.367. The molecule has 2 aromatic rings. The molecular weight excluding hydrogens is 356 g/mol. The number of rotatable bonds is 6. The van der Waals surface area contributed by atoms with Crippen molar-refractivity contribution in [2.75, 3.05) is 25.0 Å². The lowest BCUT2D eigenvalue weighted by Crippen LogP contribution is -2.26. The highest BCUT2D eigenvalue weighted by Crippen LogP contribution is 2.27. The van der Waals surface area contributed by atoms with Gasteiger partial charge in [-0.1, -0.05) is 12.1 Å². The predicted molar refractivity (Wildman–Crippen MR) is 106 cm³/mol. The normalized spacial score (nSPS) is 18.8. The molecule has 1 amide bonds. The summed E-state index contributed by atoms with van der Waals surface area (Å²) in [4.78, 5) is 17.9. The van der Waals surface area contributed by atoms with Crippen molar-refractivity contribution in [3.63, 3.8) is 0 Å². The molecule has 3 N–H and O–H groups in total. The number of hydrogen-bond acceptors (Lipinski definition) is 6. The molecule has 1 unspecified atom stereocenters. The van der Waals surface area contributed by atoms with Crippen molar-refractivity contribution in [2.45, 2.75) is 25.4 Å². The summed E-state index contributed by atoms with van der Waals surface area (Å²) in [5, 5.41) is 12.0. The standard InChI is InChI=1S/C21H24N4O3/c26-21(24-27)6-3-15-2-5-20(22-12-15)23-18-7-9-25(14-18)13-16-1-4-19-17(11-16)8-10-28-19/h1-6,11-12,18,27H,7-10,13-14H2,(H,22,23)(H,24,26)/b6-3+. The zero-order valence-corrected chi connectivity index (χ0v) is 15.6. The lowest BCUT2D eigenvalue weighted by Gasteiger charge is -2.17. The summed E-state index contributed by atoms with van der Waals surface area (Å²) < 4.78 is 5.58. The summed E-state index contributed by atoms with van der Waals surface area (Å²) in [5.41, 5.74) is 5.01. The number of aromatic nitrogens is 1. The first-order valence-corrected chi connectivity index (χ1v) is 9.51. The third kappa shape index (κ3) is 4.49. The number of carbonyl (C=O) groups excluding carboxylic acids is 1. The number of hydroxylamine groups is 1. The van der Waals surface area contributed by atoms with Crippen LogP contribution in [-0.4, -0.2) is 46.7 Å². The van der Waals surface area contributed by atoms with Crippen LogP contribution in [0.1, 0.15) is 23.1 Å². The van der Waals surface area contributed by atoms with Gasteiger partial charge in [0.05, 0.1) is 6.61 Å². The molecule has 3 heterocycles. The molecule has 1 atom stereocenters. The van der Waals surface area contributed by atoms with Crippen LogP contribution in [0, 0.1) is 0 Å². The van der Waals surface area contributed by atoms with Crippen molar-refractivity contribution in [3.8, 4) is 5.75 Å². The Balaban J connectivity index is 1.28. The molecule has 0 radical (unpaired) electrons. The van der Waals surface area contributed by atoms with E-state index in [1.165, 1.54) is 17.2 Å². The zero-order chi connectivity index (χ0) is 19.3. The maximum absolute atomic E-state index is 11.0. The average molecular weight is 380 g/mol. The maximum Gasteiger partial charge on any atom is 0.267 e. The average Bonchev–Trinajstić information content (AvgIpc) is 3.36. The number of benzene rings is 1. The molecule has 4 rings (SSSR count). The summed E-state index contributed by atoms with van der Waals surface area (Å²) in [6.07, 6.45) is 6.64. The number of nitrogens with zero attached hydrogens (tertiary/aromatic N) is 2. The van der Waals surface area contributed by atoms with Crippen LogP contribution in [0.25, 0.3) is 6.08 Å². The Kier molecular flexibility index (Phi) is 5.55. The van der Waals surface area contributed by atoms with Crippen LogP contribution in [0.15, 0.2) is 42.6 Å². The minimum atomic E-state index is -0.566. The molecule has 0 aliphatic carbocycles. The quantitative estimate of drug-likeness (QED) is 0.405. The van der Waals surface area contributed by atoms with Crippen LogP contribution in [0.4, 0.5) is 5.82 Å². The van der Waals surface area contributed by atoms with Gasteiger partial charge in [0.2, 0.25) is 0 Å². The number of pyridine rings is 1. The van der Waals surface area contributed by atoms with Gasteiger partial charge < -0.3 is 10.1 Å². The molecule has 0 bridgehead atoms.